The van der Waals surface area contributed by atoms with Crippen LogP contribution in [0.4, 0.5) is 0 Å². The van der Waals surface area contributed by atoms with Gasteiger partial charge in [-0.25, -0.2) is 8.42 Å². The molecule has 0 saturated carbocycles. The maximum absolute atomic E-state index is 12.3. The number of sulfone groups is 1. The molecule has 1 heterocycles. The van der Waals surface area contributed by atoms with E-state index in [1.165, 1.54) is 0 Å². The fourth-order valence-corrected chi connectivity index (χ4v) is 5.80. The smallest absolute Gasteiger partial charge is 0.311 e. The zero-order chi connectivity index (χ0) is 21.0. The lowest BCUT2D eigenvalue weighted by molar-refractivity contribution is -0.138. The molecule has 0 bridgehead atoms. The Morgan fingerprint density at radius 2 is 1.24 bits per heavy atom. The predicted octanol–water partition coefficient (Wildman–Crippen LogP) is 3.26. The summed E-state index contributed by atoms with van der Waals surface area (Å²) in [6.45, 7) is 3.77. The van der Waals surface area contributed by atoms with Gasteiger partial charge in [0.05, 0.1) is 24.3 Å². The van der Waals surface area contributed by atoms with E-state index in [-0.39, 0.29) is 24.3 Å². The third-order valence-electron chi connectivity index (χ3n) is 4.90. The number of hydrogen-bond donors (Lipinski definition) is 0. The van der Waals surface area contributed by atoms with Crippen LogP contribution in [0.3, 0.4) is 0 Å². The molecule has 2 atom stereocenters. The van der Waals surface area contributed by atoms with Gasteiger partial charge in [0.15, 0.2) is 9.84 Å². The summed E-state index contributed by atoms with van der Waals surface area (Å²) in [6, 6.07) is 14.2. The van der Waals surface area contributed by atoms with E-state index < -0.39 is 33.6 Å². The first kappa shape index (κ1) is 21.0. The summed E-state index contributed by atoms with van der Waals surface area (Å²) in [5.74, 6) is -1.36. The van der Waals surface area contributed by atoms with E-state index in [1.807, 2.05) is 26.0 Å². The third-order valence-corrected chi connectivity index (χ3v) is 6.77. The normalized spacial score (nSPS) is 20.2. The first-order valence-electron chi connectivity index (χ1n) is 9.45. The van der Waals surface area contributed by atoms with Gasteiger partial charge in [-0.3, -0.25) is 9.59 Å². The van der Waals surface area contributed by atoms with Crippen molar-refractivity contribution >= 4 is 21.8 Å². The summed E-state index contributed by atoms with van der Waals surface area (Å²) in [5.41, 5.74) is 1.91. The topological polar surface area (TPSA) is 86.7 Å². The van der Waals surface area contributed by atoms with Gasteiger partial charge in [0, 0.05) is 0 Å². The highest BCUT2D eigenvalue weighted by Crippen LogP contribution is 2.32. The van der Waals surface area contributed by atoms with Crippen LogP contribution in [0.5, 0.6) is 11.5 Å². The molecule has 1 aliphatic heterocycles. The quantitative estimate of drug-likeness (QED) is 0.531. The van der Waals surface area contributed by atoms with Crippen LogP contribution in [0.2, 0.25) is 0 Å². The Hall–Kier alpha value is -2.67. The van der Waals surface area contributed by atoms with Crippen LogP contribution in [-0.4, -0.2) is 31.9 Å². The lowest BCUT2D eigenvalue weighted by atomic mass is 9.90. The van der Waals surface area contributed by atoms with Crippen molar-refractivity contribution in [3.05, 3.63) is 59.7 Å². The number of rotatable bonds is 6. The molecule has 0 aromatic heterocycles. The molecule has 1 aliphatic rings. The van der Waals surface area contributed by atoms with E-state index >= 15 is 0 Å². The minimum atomic E-state index is -3.31. The van der Waals surface area contributed by atoms with E-state index in [9.17, 15) is 18.0 Å². The summed E-state index contributed by atoms with van der Waals surface area (Å²) in [5, 5.41) is 0. The number of carbonyl (C=O) groups is 2. The highest BCUT2D eigenvalue weighted by atomic mass is 32.2. The molecule has 0 N–H and O–H groups in total. The SMILES string of the molecule is Cc1cccc(OC(=O)C[C@@H]2CS(=O)(=O)C[C@@H]2CC(=O)Oc2cccc(C)c2)c1. The largest absolute Gasteiger partial charge is 0.427 e. The Morgan fingerprint density at radius 3 is 1.62 bits per heavy atom. The molecule has 0 aliphatic carbocycles. The van der Waals surface area contributed by atoms with Crippen molar-refractivity contribution in [2.24, 2.45) is 11.8 Å². The molecule has 1 fully saturated rings. The molecule has 29 heavy (non-hydrogen) atoms. The van der Waals surface area contributed by atoms with Gasteiger partial charge in [-0.05, 0) is 61.1 Å². The Bertz CT molecular complexity index is 936. The molecule has 0 unspecified atom stereocenters. The summed E-state index contributed by atoms with van der Waals surface area (Å²) >= 11 is 0. The minimum Gasteiger partial charge on any atom is -0.427 e. The first-order valence-corrected chi connectivity index (χ1v) is 11.3. The molecule has 7 heteroatoms. The summed E-state index contributed by atoms with van der Waals surface area (Å²) < 4.78 is 34.9. The second-order valence-electron chi connectivity index (χ2n) is 7.59. The summed E-state index contributed by atoms with van der Waals surface area (Å²) in [4.78, 5) is 24.6. The maximum atomic E-state index is 12.3. The number of aryl methyl sites for hydroxylation is 2. The number of benzene rings is 2. The molecule has 3 rings (SSSR count). The highest BCUT2D eigenvalue weighted by Gasteiger charge is 2.40. The molecule has 154 valence electrons. The van der Waals surface area contributed by atoms with Gasteiger partial charge in [-0.1, -0.05) is 24.3 Å². The van der Waals surface area contributed by atoms with Gasteiger partial charge in [-0.15, -0.1) is 0 Å². The molecular formula is C22H24O6S. The average molecular weight is 416 g/mol. The second-order valence-corrected chi connectivity index (χ2v) is 9.74. The molecule has 0 radical (unpaired) electrons. The Labute approximate surface area is 170 Å². The van der Waals surface area contributed by atoms with Crippen LogP contribution in [0.15, 0.2) is 48.5 Å². The standard InChI is InChI=1S/C22H24O6S/c1-15-5-3-7-19(9-15)27-21(23)11-17-13-29(25,26)14-18(17)12-22(24)28-20-8-4-6-16(2)10-20/h3-10,17-18H,11-14H2,1-2H3/t17-,18+. The van der Waals surface area contributed by atoms with Gasteiger partial charge in [-0.2, -0.15) is 0 Å². The van der Waals surface area contributed by atoms with Crippen LogP contribution in [0.25, 0.3) is 0 Å². The lowest BCUT2D eigenvalue weighted by Crippen LogP contribution is -2.23. The van der Waals surface area contributed by atoms with Gasteiger partial charge >= 0.3 is 11.9 Å². The van der Waals surface area contributed by atoms with Crippen LogP contribution in [-0.2, 0) is 19.4 Å². The van der Waals surface area contributed by atoms with E-state index in [0.29, 0.717) is 11.5 Å². The van der Waals surface area contributed by atoms with Crippen LogP contribution in [0, 0.1) is 25.7 Å². The number of hydrogen-bond acceptors (Lipinski definition) is 6. The van der Waals surface area contributed by atoms with E-state index in [1.54, 1.807) is 36.4 Å². The van der Waals surface area contributed by atoms with Gasteiger partial charge < -0.3 is 9.47 Å². The van der Waals surface area contributed by atoms with Crippen molar-refractivity contribution in [1.29, 1.82) is 0 Å². The lowest BCUT2D eigenvalue weighted by Gasteiger charge is -2.16. The third kappa shape index (κ3) is 6.15. The molecule has 0 amide bonds. The Balaban J connectivity index is 1.62. The van der Waals surface area contributed by atoms with Gasteiger partial charge in [0.1, 0.15) is 11.5 Å². The number of ether oxygens (including phenoxy) is 2. The minimum absolute atomic E-state index is 0.0600. The zero-order valence-corrected chi connectivity index (χ0v) is 17.3. The van der Waals surface area contributed by atoms with Crippen LogP contribution in [0.1, 0.15) is 24.0 Å². The molecule has 0 spiro atoms. The Morgan fingerprint density at radius 1 is 0.828 bits per heavy atom. The second kappa shape index (κ2) is 8.78. The zero-order valence-electron chi connectivity index (χ0n) is 16.5. The maximum Gasteiger partial charge on any atom is 0.311 e. The number of carbonyl (C=O) groups excluding carboxylic acids is 2. The average Bonchev–Trinajstić information content (AvgIpc) is 2.87. The highest BCUT2D eigenvalue weighted by molar-refractivity contribution is 7.91. The molecule has 2 aromatic carbocycles. The van der Waals surface area contributed by atoms with Crippen molar-refractivity contribution in [1.82, 2.24) is 0 Å². The van der Waals surface area contributed by atoms with Gasteiger partial charge in [0.25, 0.3) is 0 Å². The molecule has 6 nitrogen and oxygen atoms in total. The van der Waals surface area contributed by atoms with Crippen molar-refractivity contribution < 1.29 is 27.5 Å². The molecular weight excluding hydrogens is 392 g/mol. The molecule has 1 saturated heterocycles. The summed E-state index contributed by atoms with van der Waals surface area (Å²) in [7, 11) is -3.31. The van der Waals surface area contributed by atoms with E-state index in [4.69, 9.17) is 9.47 Å². The van der Waals surface area contributed by atoms with Crippen molar-refractivity contribution in [3.8, 4) is 11.5 Å². The monoisotopic (exact) mass is 416 g/mol. The van der Waals surface area contributed by atoms with Gasteiger partial charge in [0.2, 0.25) is 0 Å². The molecule has 2 aromatic rings. The summed E-state index contributed by atoms with van der Waals surface area (Å²) in [6.07, 6.45) is -0.120. The first-order chi connectivity index (χ1) is 13.7. The van der Waals surface area contributed by atoms with E-state index in [2.05, 4.69) is 0 Å². The fraction of sp³-hybridized carbons (Fsp3) is 0.364. The van der Waals surface area contributed by atoms with Crippen LogP contribution < -0.4 is 9.47 Å². The van der Waals surface area contributed by atoms with Crippen molar-refractivity contribution in [2.75, 3.05) is 11.5 Å². The van der Waals surface area contributed by atoms with Crippen molar-refractivity contribution in [2.45, 2.75) is 26.7 Å². The Kier molecular flexibility index (Phi) is 6.37. The predicted molar refractivity (Wildman–Crippen MR) is 108 cm³/mol. The van der Waals surface area contributed by atoms with E-state index in [0.717, 1.165) is 11.1 Å². The number of esters is 2. The van der Waals surface area contributed by atoms with Crippen molar-refractivity contribution in [3.63, 3.8) is 0 Å². The fourth-order valence-electron chi connectivity index (χ4n) is 3.58. The van der Waals surface area contributed by atoms with Crippen LogP contribution >= 0.6 is 0 Å².